The van der Waals surface area contributed by atoms with Crippen LogP contribution in [0.3, 0.4) is 0 Å². The number of hydrogen-bond donors (Lipinski definition) is 0. The lowest BCUT2D eigenvalue weighted by Crippen LogP contribution is -2.31. The maximum absolute atomic E-state index is 11.4. The van der Waals surface area contributed by atoms with Crippen LogP contribution >= 0.6 is 0 Å². The molecule has 0 aromatic rings. The van der Waals surface area contributed by atoms with Gasteiger partial charge in [0, 0.05) is 11.1 Å². The summed E-state index contributed by atoms with van der Waals surface area (Å²) >= 11 is 0. The van der Waals surface area contributed by atoms with Gasteiger partial charge in [0.1, 0.15) is 0 Å². The third-order valence-corrected chi connectivity index (χ3v) is 3.29. The molecule has 1 atom stereocenters. The smallest absolute Gasteiger partial charge is 0.339 e. The topological polar surface area (TPSA) is 26.3 Å². The molecule has 4 bridgehead atoms. The van der Waals surface area contributed by atoms with Gasteiger partial charge in [-0.2, -0.15) is 0 Å². The van der Waals surface area contributed by atoms with Crippen LogP contribution in [0.5, 0.6) is 0 Å². The molecule has 2 heteroatoms. The number of hydrogen-bond acceptors (Lipinski definition) is 2. The van der Waals surface area contributed by atoms with E-state index in [0.717, 1.165) is 30.4 Å². The van der Waals surface area contributed by atoms with Gasteiger partial charge >= 0.3 is 5.97 Å². The molecule has 0 radical (unpaired) electrons. The molecule has 0 N–H and O–H groups in total. The number of unbranched alkanes of at least 4 members (excludes halogenated alkanes) is 1. The summed E-state index contributed by atoms with van der Waals surface area (Å²) < 4.78 is 5.49. The van der Waals surface area contributed by atoms with E-state index >= 15 is 0 Å². The lowest BCUT2D eigenvalue weighted by atomic mass is 9.90. The molecule has 2 aliphatic carbocycles. The highest BCUT2D eigenvalue weighted by Gasteiger charge is 2.54. The molecule has 0 spiro atoms. The van der Waals surface area contributed by atoms with E-state index in [0.29, 0.717) is 0 Å². The molecule has 1 unspecified atom stereocenters. The van der Waals surface area contributed by atoms with Crippen LogP contribution in [0.1, 0.15) is 26.2 Å². The summed E-state index contributed by atoms with van der Waals surface area (Å²) in [6.07, 6.45) is 9.26. The highest BCUT2D eigenvalue weighted by Crippen LogP contribution is 2.53. The van der Waals surface area contributed by atoms with E-state index in [1.807, 2.05) is 12.2 Å². The van der Waals surface area contributed by atoms with Crippen molar-refractivity contribution in [2.45, 2.75) is 31.8 Å². The minimum Gasteiger partial charge on any atom is -0.446 e. The van der Waals surface area contributed by atoms with E-state index in [9.17, 15) is 4.79 Å². The predicted octanol–water partition coefficient (Wildman–Crippen LogP) is 2.28. The summed E-state index contributed by atoms with van der Waals surface area (Å²) in [7, 11) is 0. The fraction of sp³-hybridized carbons (Fsp3) is 0.417. The van der Waals surface area contributed by atoms with Crippen LogP contribution < -0.4 is 0 Å². The number of esters is 1. The molecule has 2 nitrogen and oxygen atoms in total. The van der Waals surface area contributed by atoms with Crippen molar-refractivity contribution in [2.24, 2.45) is 0 Å². The van der Waals surface area contributed by atoms with E-state index in [-0.39, 0.29) is 11.6 Å². The molecule has 0 saturated carbocycles. The van der Waals surface area contributed by atoms with Gasteiger partial charge in [0.2, 0.25) is 0 Å². The zero-order valence-electron chi connectivity index (χ0n) is 8.17. The Bertz CT molecular complexity index is 412. The van der Waals surface area contributed by atoms with Crippen molar-refractivity contribution in [3.63, 3.8) is 0 Å². The van der Waals surface area contributed by atoms with Crippen molar-refractivity contribution in [3.05, 3.63) is 34.9 Å². The molecular formula is C12H12O2. The van der Waals surface area contributed by atoms with Crippen LogP contribution in [0, 0.1) is 0 Å². The van der Waals surface area contributed by atoms with Gasteiger partial charge < -0.3 is 4.74 Å². The summed E-state index contributed by atoms with van der Waals surface area (Å²) in [6, 6.07) is 0. The molecule has 0 aromatic heterocycles. The van der Waals surface area contributed by atoms with Crippen LogP contribution in [0.2, 0.25) is 0 Å². The largest absolute Gasteiger partial charge is 0.446 e. The summed E-state index contributed by atoms with van der Waals surface area (Å²) in [5.41, 5.74) is 2.71. The highest BCUT2D eigenvalue weighted by atomic mass is 16.6. The van der Waals surface area contributed by atoms with E-state index in [1.165, 1.54) is 5.57 Å². The van der Waals surface area contributed by atoms with Gasteiger partial charge in [0.05, 0.1) is 5.57 Å². The molecule has 0 fully saturated rings. The molecule has 0 amide bonds. The van der Waals surface area contributed by atoms with E-state index < -0.39 is 0 Å². The quantitative estimate of drug-likeness (QED) is 0.635. The second kappa shape index (κ2) is 2.38. The van der Waals surface area contributed by atoms with Gasteiger partial charge in [-0.25, -0.2) is 4.79 Å². The van der Waals surface area contributed by atoms with Crippen molar-refractivity contribution in [1.82, 2.24) is 0 Å². The Hall–Kier alpha value is -1.31. The summed E-state index contributed by atoms with van der Waals surface area (Å²) in [4.78, 5) is 11.4. The van der Waals surface area contributed by atoms with Crippen LogP contribution in [0.25, 0.3) is 0 Å². The first-order valence-corrected chi connectivity index (χ1v) is 5.16. The van der Waals surface area contributed by atoms with Crippen LogP contribution in [-0.2, 0) is 9.53 Å². The number of rotatable bonds is 3. The van der Waals surface area contributed by atoms with E-state index in [2.05, 4.69) is 13.0 Å². The van der Waals surface area contributed by atoms with Crippen molar-refractivity contribution in [2.75, 3.05) is 0 Å². The number of carbonyl (C=O) groups is 1. The van der Waals surface area contributed by atoms with Crippen molar-refractivity contribution >= 4 is 5.97 Å². The van der Waals surface area contributed by atoms with Crippen molar-refractivity contribution in [3.8, 4) is 0 Å². The fourth-order valence-electron chi connectivity index (χ4n) is 2.55. The lowest BCUT2D eigenvalue weighted by Gasteiger charge is -2.27. The normalized spacial score (nSPS) is 31.5. The first-order chi connectivity index (χ1) is 6.78. The molecule has 0 saturated heterocycles. The third-order valence-electron chi connectivity index (χ3n) is 3.29. The van der Waals surface area contributed by atoms with E-state index in [4.69, 9.17) is 4.74 Å². The first-order valence-electron chi connectivity index (χ1n) is 5.16. The molecular weight excluding hydrogens is 176 g/mol. The Kier molecular flexibility index (Phi) is 1.37. The molecule has 3 aliphatic rings. The minimum atomic E-state index is -0.359. The Labute approximate surface area is 82.9 Å². The fourth-order valence-corrected chi connectivity index (χ4v) is 2.55. The maximum atomic E-state index is 11.4. The van der Waals surface area contributed by atoms with Crippen molar-refractivity contribution < 1.29 is 9.53 Å². The monoisotopic (exact) mass is 188 g/mol. The Morgan fingerprint density at radius 3 is 3.00 bits per heavy atom. The van der Waals surface area contributed by atoms with E-state index in [1.54, 1.807) is 0 Å². The molecule has 1 aliphatic heterocycles. The second-order valence-corrected chi connectivity index (χ2v) is 4.08. The van der Waals surface area contributed by atoms with Gasteiger partial charge in [-0.15, -0.1) is 0 Å². The highest BCUT2D eigenvalue weighted by molar-refractivity contribution is 6.02. The van der Waals surface area contributed by atoms with Crippen LogP contribution in [-0.4, -0.2) is 11.6 Å². The standard InChI is InChI=1S/C12H12O2/c1-2-3-6-12-8-4-5-10(12)9(7-8)11(13)14-12/h4-5,7H,2-3,6H2,1H3. The summed E-state index contributed by atoms with van der Waals surface area (Å²) in [5, 5.41) is 0. The molecule has 0 aromatic carbocycles. The predicted molar refractivity (Wildman–Crippen MR) is 52.6 cm³/mol. The average Bonchev–Trinajstić information content (AvgIpc) is 2.77. The van der Waals surface area contributed by atoms with Crippen LogP contribution in [0.15, 0.2) is 34.9 Å². The van der Waals surface area contributed by atoms with Crippen molar-refractivity contribution in [1.29, 1.82) is 0 Å². The molecule has 72 valence electrons. The Balaban J connectivity index is 2.01. The number of carbonyl (C=O) groups excluding carboxylic acids is 1. The van der Waals surface area contributed by atoms with Gasteiger partial charge in [0.15, 0.2) is 5.60 Å². The minimum absolute atomic E-state index is 0.135. The Morgan fingerprint density at radius 2 is 2.29 bits per heavy atom. The molecule has 3 rings (SSSR count). The maximum Gasteiger partial charge on any atom is 0.339 e. The number of ether oxygens (including phenoxy) is 1. The molecule has 14 heavy (non-hydrogen) atoms. The summed E-state index contributed by atoms with van der Waals surface area (Å²) in [6.45, 7) is 2.15. The zero-order chi connectivity index (χ0) is 9.76. The van der Waals surface area contributed by atoms with Gasteiger partial charge in [-0.05, 0) is 18.9 Å². The van der Waals surface area contributed by atoms with Gasteiger partial charge in [0.25, 0.3) is 0 Å². The summed E-state index contributed by atoms with van der Waals surface area (Å²) in [5.74, 6) is -0.135. The third kappa shape index (κ3) is 0.707. The van der Waals surface area contributed by atoms with Crippen LogP contribution in [0.4, 0.5) is 0 Å². The first kappa shape index (κ1) is 8.04. The van der Waals surface area contributed by atoms with Gasteiger partial charge in [-0.3, -0.25) is 0 Å². The zero-order valence-corrected chi connectivity index (χ0v) is 8.17. The lowest BCUT2D eigenvalue weighted by molar-refractivity contribution is -0.145. The average molecular weight is 188 g/mol. The van der Waals surface area contributed by atoms with Gasteiger partial charge in [-0.1, -0.05) is 25.5 Å². The Morgan fingerprint density at radius 1 is 1.43 bits per heavy atom. The second-order valence-electron chi connectivity index (χ2n) is 4.08. The SMILES string of the molecule is CCCCC12OC(=O)C3=C1C=CC2=C3. The molecule has 1 heterocycles.